The highest BCUT2D eigenvalue weighted by atomic mass is 31.1. The molecule has 0 radical (unpaired) electrons. The van der Waals surface area contributed by atoms with Crippen LogP contribution in [0.1, 0.15) is 0 Å². The molecule has 0 aromatic heterocycles. The van der Waals surface area contributed by atoms with Crippen molar-refractivity contribution in [3.8, 4) is 0 Å². The summed E-state index contributed by atoms with van der Waals surface area (Å²) in [6.45, 7) is 0. The Bertz CT molecular complexity index is 281. The monoisotopic (exact) mass is 183 g/mol. The van der Waals surface area contributed by atoms with E-state index in [1.807, 2.05) is 0 Å². The summed E-state index contributed by atoms with van der Waals surface area (Å²) in [6, 6.07) is 0. The number of carbonyl (C=O) groups excluding carboxylic acids is 1. The van der Waals surface area contributed by atoms with Crippen LogP contribution in [0.25, 0.3) is 0 Å². The number of allylic oxidation sites excluding steroid dienone is 4. The Morgan fingerprint density at radius 3 is 2.92 bits per heavy atom. The molecule has 1 amide bonds. The van der Waals surface area contributed by atoms with Crippen LogP contribution in [-0.4, -0.2) is 5.91 Å². The van der Waals surface area contributed by atoms with E-state index >= 15 is 0 Å². The van der Waals surface area contributed by atoms with Gasteiger partial charge in [0.05, 0.1) is 0 Å². The molecule has 12 heavy (non-hydrogen) atoms. The molecule has 1 atom stereocenters. The molecule has 4 nitrogen and oxygen atoms in total. The third kappa shape index (κ3) is 2.32. The third-order valence-electron chi connectivity index (χ3n) is 1.23. The smallest absolute Gasteiger partial charge is 0.327 e. The summed E-state index contributed by atoms with van der Waals surface area (Å²) in [5.74, 6) is -0.293. The van der Waals surface area contributed by atoms with Gasteiger partial charge in [0.25, 0.3) is 5.91 Å². The van der Waals surface area contributed by atoms with Crippen LogP contribution in [0.5, 0.6) is 0 Å². The molecule has 1 aliphatic rings. The molecule has 0 aromatic rings. The first-order valence-corrected chi connectivity index (χ1v) is 4.23. The fourth-order valence-electron chi connectivity index (χ4n) is 0.702. The maximum absolute atomic E-state index is 11.1. The zero-order valence-electron chi connectivity index (χ0n) is 6.20. The van der Waals surface area contributed by atoms with Crippen molar-refractivity contribution in [3.05, 3.63) is 36.2 Å². The first-order valence-electron chi connectivity index (χ1n) is 3.32. The van der Waals surface area contributed by atoms with Gasteiger partial charge in [0, 0.05) is 6.20 Å². The average Bonchev–Trinajstić information content (AvgIpc) is 2.05. The molecule has 0 fully saturated rings. The molecule has 0 spiro atoms. The zero-order chi connectivity index (χ0) is 8.81. The number of carbonyl (C=O) groups is 1. The lowest BCUT2D eigenvalue weighted by Crippen LogP contribution is -2.24. The summed E-state index contributed by atoms with van der Waals surface area (Å²) < 4.78 is 10.2. The van der Waals surface area contributed by atoms with Crippen LogP contribution in [-0.2, 0) is 9.36 Å². The Morgan fingerprint density at radius 1 is 1.33 bits per heavy atom. The van der Waals surface area contributed by atoms with Crippen LogP contribution in [0.4, 0.5) is 0 Å². The van der Waals surface area contributed by atoms with Crippen molar-refractivity contribution in [3.63, 3.8) is 0 Å². The second kappa shape index (κ2) is 4.46. The fourth-order valence-corrected chi connectivity index (χ4v) is 1.01. The van der Waals surface area contributed by atoms with Gasteiger partial charge in [0.15, 0.2) is 0 Å². The Labute approximate surface area is 71.3 Å². The van der Waals surface area contributed by atoms with Gasteiger partial charge in [-0.15, -0.1) is 0 Å². The molecule has 1 rings (SSSR count). The van der Waals surface area contributed by atoms with Crippen LogP contribution < -0.4 is 10.4 Å². The normalized spacial score (nSPS) is 26.0. The van der Waals surface area contributed by atoms with Crippen molar-refractivity contribution in [1.82, 2.24) is 10.4 Å². The second-order valence-corrected chi connectivity index (χ2v) is 2.48. The molecule has 1 aliphatic heterocycles. The van der Waals surface area contributed by atoms with E-state index in [-0.39, 0.29) is 5.91 Å². The molecule has 1 unspecified atom stereocenters. The topological polar surface area (TPSA) is 58.2 Å². The van der Waals surface area contributed by atoms with Crippen LogP contribution in [0.2, 0.25) is 0 Å². The van der Waals surface area contributed by atoms with Crippen LogP contribution in [0, 0.1) is 0 Å². The third-order valence-corrected chi connectivity index (χ3v) is 1.60. The molecule has 5 heteroatoms. The summed E-state index contributed by atoms with van der Waals surface area (Å²) in [6.07, 6.45) is 8.22. The molecule has 0 aromatic carbocycles. The Kier molecular flexibility index (Phi) is 3.23. The van der Waals surface area contributed by atoms with Crippen molar-refractivity contribution in [2.75, 3.05) is 0 Å². The van der Waals surface area contributed by atoms with Gasteiger partial charge in [0.2, 0.25) is 0 Å². The first kappa shape index (κ1) is 8.68. The van der Waals surface area contributed by atoms with Gasteiger partial charge in [-0.1, -0.05) is 12.2 Å². The molecule has 0 bridgehead atoms. The predicted molar refractivity (Wildman–Crippen MR) is 46.6 cm³/mol. The quantitative estimate of drug-likeness (QED) is 0.616. The van der Waals surface area contributed by atoms with Crippen molar-refractivity contribution in [2.24, 2.45) is 0 Å². The molecular weight excluding hydrogens is 175 g/mol. The summed E-state index contributed by atoms with van der Waals surface area (Å²) in [5, 5.41) is 4.92. The fraction of sp³-hybridized carbons (Fsp3) is 0. The lowest BCUT2D eigenvalue weighted by atomic mass is 10.3. The van der Waals surface area contributed by atoms with Gasteiger partial charge >= 0.3 is 8.61 Å². The van der Waals surface area contributed by atoms with Crippen LogP contribution in [0.3, 0.4) is 0 Å². The first-order chi connectivity index (χ1) is 5.84. The lowest BCUT2D eigenvalue weighted by molar-refractivity contribution is -0.116. The standard InChI is InChI=1S/C7H7N2O2P/c10-7-6(9-12-11)4-2-1-3-5-8-7/h1-5H,(H,8,10)(H,9,11)/p+1. The summed E-state index contributed by atoms with van der Waals surface area (Å²) >= 11 is 0. The largest absolute Gasteiger partial charge is 0.445 e. The molecule has 0 saturated heterocycles. The van der Waals surface area contributed by atoms with Gasteiger partial charge in [-0.05, 0) is 16.7 Å². The maximum Gasteiger partial charge on any atom is 0.445 e. The van der Waals surface area contributed by atoms with Crippen molar-refractivity contribution < 1.29 is 9.36 Å². The molecule has 0 aliphatic carbocycles. The highest BCUT2D eigenvalue weighted by Crippen LogP contribution is 1.98. The molecular formula is C7H8N2O2P+. The number of hydrogen-bond acceptors (Lipinski definition) is 2. The number of amides is 1. The lowest BCUT2D eigenvalue weighted by Gasteiger charge is -2.00. The van der Waals surface area contributed by atoms with Crippen LogP contribution in [0.15, 0.2) is 36.2 Å². The minimum absolute atomic E-state index is 0.293. The SMILES string of the molecule is O=[PH+]N/C1=C/C=C\C=C/NC1=O. The summed E-state index contributed by atoms with van der Waals surface area (Å²) in [7, 11) is -0.718. The van der Waals surface area contributed by atoms with E-state index in [1.165, 1.54) is 6.20 Å². The van der Waals surface area contributed by atoms with E-state index in [0.29, 0.717) is 5.70 Å². The average molecular weight is 183 g/mol. The zero-order valence-corrected chi connectivity index (χ0v) is 7.20. The van der Waals surface area contributed by atoms with Gasteiger partial charge in [-0.25, -0.2) is 0 Å². The summed E-state index contributed by atoms with van der Waals surface area (Å²) in [5.41, 5.74) is 0.295. The second-order valence-electron chi connectivity index (χ2n) is 2.02. The Hall–Kier alpha value is -1.41. The van der Waals surface area contributed by atoms with E-state index < -0.39 is 8.61 Å². The van der Waals surface area contributed by atoms with E-state index in [9.17, 15) is 9.36 Å². The number of nitrogens with one attached hydrogen (secondary N) is 2. The van der Waals surface area contributed by atoms with Gasteiger partial charge < -0.3 is 5.32 Å². The predicted octanol–water partition coefficient (Wildman–Crippen LogP) is 0.599. The Balaban J connectivity index is 2.80. The molecule has 62 valence electrons. The van der Waals surface area contributed by atoms with Crippen LogP contribution >= 0.6 is 8.61 Å². The highest BCUT2D eigenvalue weighted by molar-refractivity contribution is 7.21. The van der Waals surface area contributed by atoms with Gasteiger partial charge in [-0.2, -0.15) is 5.09 Å². The Morgan fingerprint density at radius 2 is 2.17 bits per heavy atom. The van der Waals surface area contributed by atoms with Crippen molar-refractivity contribution in [2.45, 2.75) is 0 Å². The number of hydrogen-bond donors (Lipinski definition) is 2. The van der Waals surface area contributed by atoms with Gasteiger partial charge in [-0.3, -0.25) is 4.79 Å². The molecule has 2 N–H and O–H groups in total. The van der Waals surface area contributed by atoms with Crippen molar-refractivity contribution in [1.29, 1.82) is 0 Å². The maximum atomic E-state index is 11.1. The minimum atomic E-state index is -0.718. The highest BCUT2D eigenvalue weighted by Gasteiger charge is 2.09. The molecule has 0 saturated carbocycles. The minimum Gasteiger partial charge on any atom is -0.327 e. The van der Waals surface area contributed by atoms with Gasteiger partial charge in [0.1, 0.15) is 5.70 Å². The van der Waals surface area contributed by atoms with E-state index in [0.717, 1.165) is 0 Å². The van der Waals surface area contributed by atoms with E-state index in [1.54, 1.807) is 24.3 Å². The molecule has 1 heterocycles. The van der Waals surface area contributed by atoms with E-state index in [4.69, 9.17) is 0 Å². The van der Waals surface area contributed by atoms with Crippen molar-refractivity contribution >= 4 is 14.5 Å². The number of rotatable bonds is 2. The summed E-state index contributed by atoms with van der Waals surface area (Å²) in [4.78, 5) is 11.1. The van der Waals surface area contributed by atoms with E-state index in [2.05, 4.69) is 10.4 Å².